The number of aromatic carboxylic acids is 1. The zero-order valence-corrected chi connectivity index (χ0v) is 15.0. The Balaban J connectivity index is 2.46. The first-order valence-electron chi connectivity index (χ1n) is 7.41. The molecule has 0 saturated heterocycles. The van der Waals surface area contributed by atoms with E-state index in [0.29, 0.717) is 0 Å². The fourth-order valence-electron chi connectivity index (χ4n) is 2.55. The lowest BCUT2D eigenvalue weighted by Crippen LogP contribution is -2.22. The van der Waals surface area contributed by atoms with Gasteiger partial charge in [-0.2, -0.15) is 0 Å². The number of hydrogen-bond donors (Lipinski definition) is 1. The maximum absolute atomic E-state index is 12.9. The number of benzene rings is 2. The number of nitrogens with zero attached hydrogens (tertiary/aromatic N) is 1. The van der Waals surface area contributed by atoms with Crippen LogP contribution in [0.1, 0.15) is 10.4 Å². The van der Waals surface area contributed by atoms with Crippen molar-refractivity contribution in [2.24, 2.45) is 0 Å². The molecule has 0 aliphatic carbocycles. The Labute approximate surface area is 148 Å². The lowest BCUT2D eigenvalue weighted by Gasteiger charge is -2.13. The van der Waals surface area contributed by atoms with Gasteiger partial charge in [-0.1, -0.05) is 0 Å². The third-order valence-corrected chi connectivity index (χ3v) is 5.75. The van der Waals surface area contributed by atoms with Crippen molar-refractivity contribution in [3.63, 3.8) is 0 Å². The van der Waals surface area contributed by atoms with Crippen molar-refractivity contribution in [2.45, 2.75) is 4.90 Å². The molecule has 0 aliphatic rings. The predicted molar refractivity (Wildman–Crippen MR) is 94.4 cm³/mol. The molecule has 0 saturated carbocycles. The van der Waals surface area contributed by atoms with Gasteiger partial charge in [0.25, 0.3) is 0 Å². The van der Waals surface area contributed by atoms with E-state index in [1.165, 1.54) is 51.5 Å². The Morgan fingerprint density at radius 3 is 2.42 bits per heavy atom. The molecule has 0 radical (unpaired) electrons. The monoisotopic (exact) mass is 377 g/mol. The highest BCUT2D eigenvalue weighted by Crippen LogP contribution is 2.31. The van der Waals surface area contributed by atoms with Crippen molar-refractivity contribution in [2.75, 3.05) is 21.2 Å². The average Bonchev–Trinajstić information content (AvgIpc) is 2.60. The number of carboxylic acids is 1. The second-order valence-corrected chi connectivity index (χ2v) is 7.89. The Kier molecular flexibility index (Phi) is 4.21. The number of fused-ring (bicyclic) bond motifs is 2. The second kappa shape index (κ2) is 6.11. The summed E-state index contributed by atoms with van der Waals surface area (Å²) in [7, 11) is 0.256. The summed E-state index contributed by atoms with van der Waals surface area (Å²) < 4.78 is 36.7. The highest BCUT2D eigenvalue weighted by molar-refractivity contribution is 7.89. The molecule has 9 heteroatoms. The minimum absolute atomic E-state index is 0.0141. The molecule has 0 atom stereocenters. The molecule has 1 N–H and O–H groups in total. The molecule has 0 spiro atoms. The topological polar surface area (TPSA) is 114 Å². The fraction of sp³-hybridized carbons (Fsp3) is 0.176. The van der Waals surface area contributed by atoms with Crippen molar-refractivity contribution in [3.05, 3.63) is 46.1 Å². The summed E-state index contributed by atoms with van der Waals surface area (Å²) in [5.74, 6) is -1.10. The van der Waals surface area contributed by atoms with E-state index in [-0.39, 0.29) is 38.1 Å². The van der Waals surface area contributed by atoms with E-state index in [2.05, 4.69) is 0 Å². The van der Waals surface area contributed by atoms with Gasteiger partial charge in [0.2, 0.25) is 15.5 Å². The molecule has 0 fully saturated rings. The summed E-state index contributed by atoms with van der Waals surface area (Å²) in [5, 5.41) is 9.13. The number of carbonyl (C=O) groups is 1. The van der Waals surface area contributed by atoms with Gasteiger partial charge >= 0.3 is 5.97 Å². The normalized spacial score (nSPS) is 12.0. The van der Waals surface area contributed by atoms with E-state index >= 15 is 0 Å². The van der Waals surface area contributed by atoms with E-state index in [4.69, 9.17) is 14.3 Å². The molecule has 3 aromatic rings. The van der Waals surface area contributed by atoms with Crippen molar-refractivity contribution >= 4 is 37.9 Å². The summed E-state index contributed by atoms with van der Waals surface area (Å²) >= 11 is 0. The van der Waals surface area contributed by atoms with Crippen LogP contribution in [0, 0.1) is 0 Å². The largest absolute Gasteiger partial charge is 0.493 e. The van der Waals surface area contributed by atoms with Gasteiger partial charge in [0, 0.05) is 20.2 Å². The quantitative estimate of drug-likeness (QED) is 0.691. The zero-order valence-electron chi connectivity index (χ0n) is 14.1. The van der Waals surface area contributed by atoms with Gasteiger partial charge in [0.15, 0.2) is 11.3 Å². The molecule has 1 aromatic heterocycles. The van der Waals surface area contributed by atoms with Gasteiger partial charge in [-0.15, -0.1) is 0 Å². The lowest BCUT2D eigenvalue weighted by molar-refractivity contribution is 0.0697. The van der Waals surface area contributed by atoms with E-state index in [1.54, 1.807) is 0 Å². The third kappa shape index (κ3) is 2.71. The van der Waals surface area contributed by atoms with Crippen LogP contribution >= 0.6 is 0 Å². The lowest BCUT2D eigenvalue weighted by atomic mass is 10.1. The van der Waals surface area contributed by atoms with E-state index in [1.807, 2.05) is 0 Å². The molecule has 0 unspecified atom stereocenters. The molecular formula is C17H15NO7S. The molecule has 26 heavy (non-hydrogen) atoms. The maximum Gasteiger partial charge on any atom is 0.335 e. The Morgan fingerprint density at radius 1 is 1.15 bits per heavy atom. The van der Waals surface area contributed by atoms with Crippen LogP contribution in [0.15, 0.2) is 44.4 Å². The van der Waals surface area contributed by atoms with Crippen molar-refractivity contribution < 1.29 is 27.5 Å². The van der Waals surface area contributed by atoms with Crippen LogP contribution in [0.2, 0.25) is 0 Å². The van der Waals surface area contributed by atoms with Crippen LogP contribution in [0.5, 0.6) is 5.75 Å². The minimum atomic E-state index is -3.81. The first-order valence-corrected chi connectivity index (χ1v) is 8.85. The molecule has 3 rings (SSSR count). The molecule has 0 amide bonds. The van der Waals surface area contributed by atoms with Crippen LogP contribution in [0.25, 0.3) is 21.9 Å². The highest BCUT2D eigenvalue weighted by Gasteiger charge is 2.22. The zero-order chi connectivity index (χ0) is 19.2. The van der Waals surface area contributed by atoms with E-state index in [9.17, 15) is 18.0 Å². The predicted octanol–water partition coefficient (Wildman–Crippen LogP) is 1.90. The van der Waals surface area contributed by atoms with Gasteiger partial charge in [-0.25, -0.2) is 17.5 Å². The smallest absolute Gasteiger partial charge is 0.335 e. The molecule has 8 nitrogen and oxygen atoms in total. The number of methoxy groups -OCH3 is 1. The summed E-state index contributed by atoms with van der Waals surface area (Å²) in [5.41, 5.74) is -0.355. The van der Waals surface area contributed by atoms with Crippen LogP contribution in [0.4, 0.5) is 0 Å². The first kappa shape index (κ1) is 17.9. The van der Waals surface area contributed by atoms with Crippen molar-refractivity contribution in [3.8, 4) is 5.75 Å². The Morgan fingerprint density at radius 2 is 1.85 bits per heavy atom. The van der Waals surface area contributed by atoms with Crippen LogP contribution in [-0.2, 0) is 10.0 Å². The molecule has 0 aliphatic heterocycles. The molecule has 2 aromatic carbocycles. The summed E-state index contributed by atoms with van der Waals surface area (Å²) in [4.78, 5) is 23.9. The average molecular weight is 377 g/mol. The Bertz CT molecular complexity index is 1210. The standard InChI is InChI=1S/C17H15NO7S/c1-18(2)26(22,23)10-7-12-15(19)11-6-9(17(20)21)4-5-13(11)25-16(12)14(8-10)24-3/h4-8H,1-3H3,(H,20,21). The summed E-state index contributed by atoms with van der Waals surface area (Å²) in [6, 6.07) is 6.37. The van der Waals surface area contributed by atoms with E-state index in [0.717, 1.165) is 4.31 Å². The second-order valence-electron chi connectivity index (χ2n) is 5.74. The minimum Gasteiger partial charge on any atom is -0.493 e. The molecular weight excluding hydrogens is 362 g/mol. The Hall–Kier alpha value is -2.91. The summed E-state index contributed by atoms with van der Waals surface area (Å²) in [6.07, 6.45) is 0. The third-order valence-electron chi connectivity index (χ3n) is 3.95. The fourth-order valence-corrected chi connectivity index (χ4v) is 3.49. The molecule has 136 valence electrons. The van der Waals surface area contributed by atoms with Gasteiger partial charge in [0.1, 0.15) is 5.58 Å². The van der Waals surface area contributed by atoms with Crippen molar-refractivity contribution in [1.82, 2.24) is 4.31 Å². The number of rotatable bonds is 4. The van der Waals surface area contributed by atoms with Gasteiger partial charge in [-0.05, 0) is 24.3 Å². The SMILES string of the molecule is COc1cc(S(=O)(=O)N(C)C)cc2c(=O)c3cc(C(=O)O)ccc3oc12. The van der Waals surface area contributed by atoms with Gasteiger partial charge in [-0.3, -0.25) is 4.79 Å². The van der Waals surface area contributed by atoms with Crippen LogP contribution in [0.3, 0.4) is 0 Å². The first-order chi connectivity index (χ1) is 12.2. The van der Waals surface area contributed by atoms with E-state index < -0.39 is 21.4 Å². The van der Waals surface area contributed by atoms with Crippen LogP contribution < -0.4 is 10.2 Å². The number of hydrogen-bond acceptors (Lipinski definition) is 6. The number of sulfonamides is 1. The maximum atomic E-state index is 12.9. The highest BCUT2D eigenvalue weighted by atomic mass is 32.2. The van der Waals surface area contributed by atoms with Gasteiger partial charge < -0.3 is 14.3 Å². The summed E-state index contributed by atoms with van der Waals surface area (Å²) in [6.45, 7) is 0. The number of ether oxygens (including phenoxy) is 1. The van der Waals surface area contributed by atoms with Crippen molar-refractivity contribution in [1.29, 1.82) is 0 Å². The molecule has 0 bridgehead atoms. The van der Waals surface area contributed by atoms with Gasteiger partial charge in [0.05, 0.1) is 28.3 Å². The van der Waals surface area contributed by atoms with Crippen LogP contribution in [-0.4, -0.2) is 45.0 Å². The number of carboxylic acid groups (broad SMARTS) is 1. The molecule has 1 heterocycles.